The summed E-state index contributed by atoms with van der Waals surface area (Å²) >= 11 is 0. The van der Waals surface area contributed by atoms with Crippen molar-refractivity contribution in [2.45, 2.75) is 13.5 Å². The zero-order valence-electron chi connectivity index (χ0n) is 14.3. The summed E-state index contributed by atoms with van der Waals surface area (Å²) in [5, 5.41) is 2.83. The van der Waals surface area contributed by atoms with E-state index in [1.807, 2.05) is 37.3 Å². The monoisotopic (exact) mass is 354 g/mol. The molecule has 134 valence electrons. The van der Waals surface area contributed by atoms with Crippen molar-refractivity contribution >= 4 is 17.5 Å². The summed E-state index contributed by atoms with van der Waals surface area (Å²) in [6.07, 6.45) is 0. The van der Waals surface area contributed by atoms with E-state index in [2.05, 4.69) is 5.32 Å². The molecule has 0 bridgehead atoms. The lowest BCUT2D eigenvalue weighted by Crippen LogP contribution is -2.45. The Bertz CT molecular complexity index is 880. The van der Waals surface area contributed by atoms with Crippen molar-refractivity contribution in [3.8, 4) is 17.2 Å². The Labute approximate surface area is 150 Å². The number of fused-ring (bicyclic) bond motifs is 2. The van der Waals surface area contributed by atoms with Gasteiger partial charge in [-0.05, 0) is 42.3 Å². The number of benzene rings is 2. The second-order valence-electron chi connectivity index (χ2n) is 6.20. The van der Waals surface area contributed by atoms with E-state index in [1.54, 1.807) is 6.07 Å². The van der Waals surface area contributed by atoms with Crippen LogP contribution in [0, 0.1) is 6.92 Å². The average Bonchev–Trinajstić information content (AvgIpc) is 3.10. The highest BCUT2D eigenvalue weighted by molar-refractivity contribution is 6.02. The van der Waals surface area contributed by atoms with Crippen LogP contribution in [0.3, 0.4) is 0 Å². The third kappa shape index (κ3) is 3.15. The molecule has 0 atom stereocenters. The molecule has 2 aliphatic rings. The number of ether oxygens (including phenoxy) is 3. The van der Waals surface area contributed by atoms with Gasteiger partial charge in [0, 0.05) is 6.54 Å². The van der Waals surface area contributed by atoms with E-state index in [4.69, 9.17) is 14.2 Å². The van der Waals surface area contributed by atoms with Crippen LogP contribution in [0.5, 0.6) is 17.2 Å². The second kappa shape index (κ2) is 6.59. The van der Waals surface area contributed by atoms with E-state index in [-0.39, 0.29) is 31.8 Å². The van der Waals surface area contributed by atoms with Gasteiger partial charge in [-0.3, -0.25) is 14.5 Å². The number of nitrogens with one attached hydrogen (secondary N) is 1. The van der Waals surface area contributed by atoms with Crippen molar-refractivity contribution in [1.82, 2.24) is 5.32 Å². The first-order valence-corrected chi connectivity index (χ1v) is 8.29. The van der Waals surface area contributed by atoms with E-state index < -0.39 is 0 Å². The first-order chi connectivity index (χ1) is 12.6. The van der Waals surface area contributed by atoms with Gasteiger partial charge in [0.05, 0.1) is 5.69 Å². The number of carbonyl (C=O) groups is 2. The number of rotatable bonds is 4. The second-order valence-corrected chi connectivity index (χ2v) is 6.20. The Morgan fingerprint density at radius 2 is 1.92 bits per heavy atom. The standard InChI is InChI=1S/C19H18N2O5/c1-12-2-4-14-16(6-12)24-10-19(23)21(14)9-18(22)20-8-13-3-5-15-17(7-13)26-11-25-15/h2-7H,8-11H2,1H3,(H,20,22). The lowest BCUT2D eigenvalue weighted by molar-refractivity contribution is -0.125. The highest BCUT2D eigenvalue weighted by atomic mass is 16.7. The van der Waals surface area contributed by atoms with Gasteiger partial charge in [-0.25, -0.2) is 0 Å². The third-order valence-corrected chi connectivity index (χ3v) is 4.29. The third-order valence-electron chi connectivity index (χ3n) is 4.29. The number of anilines is 1. The maximum atomic E-state index is 12.3. The Balaban J connectivity index is 1.41. The van der Waals surface area contributed by atoms with E-state index >= 15 is 0 Å². The smallest absolute Gasteiger partial charge is 0.265 e. The molecule has 0 aliphatic carbocycles. The van der Waals surface area contributed by atoms with E-state index in [0.717, 1.165) is 11.1 Å². The van der Waals surface area contributed by atoms with Crippen LogP contribution in [0.2, 0.25) is 0 Å². The normalized spacial score (nSPS) is 14.7. The molecule has 0 unspecified atom stereocenters. The molecule has 0 fully saturated rings. The van der Waals surface area contributed by atoms with Gasteiger partial charge in [-0.2, -0.15) is 0 Å². The summed E-state index contributed by atoms with van der Waals surface area (Å²) in [5.41, 5.74) is 2.54. The van der Waals surface area contributed by atoms with Crippen LogP contribution in [0.1, 0.15) is 11.1 Å². The molecule has 26 heavy (non-hydrogen) atoms. The Morgan fingerprint density at radius 1 is 1.08 bits per heavy atom. The zero-order valence-corrected chi connectivity index (χ0v) is 14.3. The van der Waals surface area contributed by atoms with E-state index in [9.17, 15) is 9.59 Å². The Morgan fingerprint density at radius 3 is 2.81 bits per heavy atom. The van der Waals surface area contributed by atoms with E-state index in [0.29, 0.717) is 29.5 Å². The maximum absolute atomic E-state index is 12.3. The maximum Gasteiger partial charge on any atom is 0.265 e. The van der Waals surface area contributed by atoms with Gasteiger partial charge in [0.25, 0.3) is 5.91 Å². The summed E-state index contributed by atoms with van der Waals surface area (Å²) in [7, 11) is 0. The lowest BCUT2D eigenvalue weighted by Gasteiger charge is -2.29. The quantitative estimate of drug-likeness (QED) is 0.905. The van der Waals surface area contributed by atoms with Crippen molar-refractivity contribution in [1.29, 1.82) is 0 Å². The van der Waals surface area contributed by atoms with Gasteiger partial charge >= 0.3 is 0 Å². The van der Waals surface area contributed by atoms with Crippen LogP contribution < -0.4 is 24.4 Å². The Hall–Kier alpha value is -3.22. The molecule has 0 spiro atoms. The fraction of sp³-hybridized carbons (Fsp3) is 0.263. The van der Waals surface area contributed by atoms with Gasteiger partial charge in [0.15, 0.2) is 18.1 Å². The molecule has 4 rings (SSSR count). The number of hydrogen-bond acceptors (Lipinski definition) is 5. The molecule has 2 amide bonds. The van der Waals surface area contributed by atoms with Crippen LogP contribution in [-0.4, -0.2) is 31.8 Å². The predicted molar refractivity (Wildman–Crippen MR) is 93.4 cm³/mol. The first kappa shape index (κ1) is 16.3. The van der Waals surface area contributed by atoms with Crippen LogP contribution in [0.15, 0.2) is 36.4 Å². The minimum atomic E-state index is -0.246. The summed E-state index contributed by atoms with van der Waals surface area (Å²) in [6, 6.07) is 11.1. The number of nitrogens with zero attached hydrogens (tertiary/aromatic N) is 1. The molecule has 2 aliphatic heterocycles. The van der Waals surface area contributed by atoms with Gasteiger partial charge in [0.1, 0.15) is 12.3 Å². The highest BCUT2D eigenvalue weighted by Gasteiger charge is 2.27. The van der Waals surface area contributed by atoms with Crippen LogP contribution in [-0.2, 0) is 16.1 Å². The number of hydrogen-bond donors (Lipinski definition) is 1. The van der Waals surface area contributed by atoms with Crippen molar-refractivity contribution in [3.63, 3.8) is 0 Å². The van der Waals surface area contributed by atoms with Crippen LogP contribution >= 0.6 is 0 Å². The summed E-state index contributed by atoms with van der Waals surface area (Å²) in [6.45, 7) is 2.38. The van der Waals surface area contributed by atoms with Crippen molar-refractivity contribution in [2.24, 2.45) is 0 Å². The van der Waals surface area contributed by atoms with Crippen LogP contribution in [0.25, 0.3) is 0 Å². The van der Waals surface area contributed by atoms with Gasteiger partial charge in [-0.15, -0.1) is 0 Å². The fourth-order valence-electron chi connectivity index (χ4n) is 2.94. The molecule has 7 nitrogen and oxygen atoms in total. The molecular formula is C19H18N2O5. The number of amides is 2. The minimum absolute atomic E-state index is 0.0528. The molecule has 0 saturated carbocycles. The largest absolute Gasteiger partial charge is 0.482 e. The van der Waals surface area contributed by atoms with Gasteiger partial charge < -0.3 is 19.5 Å². The molecule has 2 heterocycles. The lowest BCUT2D eigenvalue weighted by atomic mass is 10.1. The summed E-state index contributed by atoms with van der Waals surface area (Å²) < 4.78 is 16.0. The molecule has 7 heteroatoms. The van der Waals surface area contributed by atoms with Gasteiger partial charge in [0.2, 0.25) is 12.7 Å². The summed E-state index contributed by atoms with van der Waals surface area (Å²) in [4.78, 5) is 26.0. The van der Waals surface area contributed by atoms with Gasteiger partial charge in [-0.1, -0.05) is 12.1 Å². The summed E-state index contributed by atoms with van der Waals surface area (Å²) in [5.74, 6) is 1.51. The molecule has 1 N–H and O–H groups in total. The molecule has 2 aromatic carbocycles. The molecule has 0 saturated heterocycles. The average molecular weight is 354 g/mol. The molecule has 0 radical (unpaired) electrons. The molecular weight excluding hydrogens is 336 g/mol. The van der Waals surface area contributed by atoms with Crippen molar-refractivity contribution in [3.05, 3.63) is 47.5 Å². The number of carbonyl (C=O) groups excluding carboxylic acids is 2. The molecule has 2 aromatic rings. The Kier molecular flexibility index (Phi) is 4.12. The SMILES string of the molecule is Cc1ccc2c(c1)OCC(=O)N2CC(=O)NCc1ccc2c(c1)OCO2. The zero-order chi connectivity index (χ0) is 18.1. The number of aryl methyl sites for hydroxylation is 1. The first-order valence-electron chi connectivity index (χ1n) is 8.29. The fourth-order valence-corrected chi connectivity index (χ4v) is 2.94. The minimum Gasteiger partial charge on any atom is -0.482 e. The topological polar surface area (TPSA) is 77.1 Å². The van der Waals surface area contributed by atoms with E-state index in [1.165, 1.54) is 4.90 Å². The highest BCUT2D eigenvalue weighted by Crippen LogP contribution is 2.33. The van der Waals surface area contributed by atoms with Crippen LogP contribution in [0.4, 0.5) is 5.69 Å². The van der Waals surface area contributed by atoms with Crippen molar-refractivity contribution in [2.75, 3.05) is 24.8 Å². The van der Waals surface area contributed by atoms with Crippen molar-refractivity contribution < 1.29 is 23.8 Å². The molecule has 0 aromatic heterocycles. The predicted octanol–water partition coefficient (Wildman–Crippen LogP) is 1.77.